The Morgan fingerprint density at radius 2 is 1.91 bits per heavy atom. The van der Waals surface area contributed by atoms with E-state index in [1.54, 1.807) is 18.2 Å². The molecule has 3 heterocycles. The maximum absolute atomic E-state index is 14.3. The van der Waals surface area contributed by atoms with Gasteiger partial charge in [0, 0.05) is 24.0 Å². The van der Waals surface area contributed by atoms with Gasteiger partial charge in [-0.15, -0.1) is 0 Å². The lowest BCUT2D eigenvalue weighted by atomic mass is 9.98. The first-order valence-electron chi connectivity index (χ1n) is 10.5. The molecule has 2 atom stereocenters. The first-order valence-corrected chi connectivity index (χ1v) is 10.5. The van der Waals surface area contributed by atoms with E-state index in [1.807, 2.05) is 0 Å². The van der Waals surface area contributed by atoms with Crippen LogP contribution in [-0.4, -0.2) is 39.3 Å². The molecule has 1 aliphatic heterocycles. The van der Waals surface area contributed by atoms with Crippen LogP contribution in [0.4, 0.5) is 14.7 Å². The molecule has 0 unspecified atom stereocenters. The van der Waals surface area contributed by atoms with Crippen LogP contribution in [0.3, 0.4) is 0 Å². The van der Waals surface area contributed by atoms with Crippen molar-refractivity contribution < 1.29 is 8.78 Å². The number of halogens is 2. The molecule has 0 saturated carbocycles. The van der Waals surface area contributed by atoms with E-state index < -0.39 is 11.6 Å². The molecule has 0 bridgehead atoms. The first-order chi connectivity index (χ1) is 15.5. The third-order valence-electron chi connectivity index (χ3n) is 5.71. The minimum absolute atomic E-state index is 0.110. The molecule has 7 nitrogen and oxygen atoms in total. The molecule has 4 aromatic rings. The van der Waals surface area contributed by atoms with E-state index in [0.717, 1.165) is 19.5 Å². The highest BCUT2D eigenvalue weighted by molar-refractivity contribution is 5.95. The zero-order valence-electron chi connectivity index (χ0n) is 17.4. The third-order valence-corrected chi connectivity index (χ3v) is 5.71. The smallest absolute Gasteiger partial charge is 0.252 e. The molecule has 1 saturated heterocycles. The Morgan fingerprint density at radius 3 is 2.69 bits per heavy atom. The molecule has 2 aromatic heterocycles. The number of nitrogens with zero attached hydrogens (tertiary/aromatic N) is 2. The predicted octanol–water partition coefficient (Wildman–Crippen LogP) is 3.67. The Bertz CT molecular complexity index is 1330. The van der Waals surface area contributed by atoms with Crippen LogP contribution in [0.1, 0.15) is 13.3 Å². The predicted molar refractivity (Wildman–Crippen MR) is 119 cm³/mol. The monoisotopic (exact) mass is 436 g/mol. The quantitative estimate of drug-likeness (QED) is 0.391. The average molecular weight is 436 g/mol. The van der Waals surface area contributed by atoms with E-state index in [0.29, 0.717) is 39.7 Å². The van der Waals surface area contributed by atoms with E-state index in [2.05, 4.69) is 37.7 Å². The number of piperidine rings is 1. The van der Waals surface area contributed by atoms with Crippen LogP contribution < -0.4 is 16.2 Å². The van der Waals surface area contributed by atoms with Gasteiger partial charge in [0.1, 0.15) is 23.0 Å². The third kappa shape index (κ3) is 3.87. The van der Waals surface area contributed by atoms with Crippen molar-refractivity contribution in [2.75, 3.05) is 18.4 Å². The van der Waals surface area contributed by atoms with Gasteiger partial charge in [-0.2, -0.15) is 5.10 Å². The van der Waals surface area contributed by atoms with E-state index in [1.165, 1.54) is 24.3 Å². The van der Waals surface area contributed by atoms with Crippen LogP contribution >= 0.6 is 0 Å². The summed E-state index contributed by atoms with van der Waals surface area (Å²) < 4.78 is 28.6. The number of fused-ring (bicyclic) bond motifs is 1. The van der Waals surface area contributed by atoms with Crippen molar-refractivity contribution in [2.24, 2.45) is 5.92 Å². The molecule has 0 radical (unpaired) electrons. The minimum Gasteiger partial charge on any atom is -0.352 e. The minimum atomic E-state index is -0.648. The maximum atomic E-state index is 14.3. The molecule has 164 valence electrons. The summed E-state index contributed by atoms with van der Waals surface area (Å²) in [5.74, 6) is -0.416. The van der Waals surface area contributed by atoms with Crippen molar-refractivity contribution in [3.8, 4) is 22.5 Å². The number of nitrogens with one attached hydrogen (secondary N) is 4. The fourth-order valence-corrected chi connectivity index (χ4v) is 4.25. The summed E-state index contributed by atoms with van der Waals surface area (Å²) in [6.45, 7) is 3.91. The first kappa shape index (κ1) is 20.3. The van der Waals surface area contributed by atoms with Crippen LogP contribution in [0.2, 0.25) is 0 Å². The number of aromatic nitrogens is 4. The van der Waals surface area contributed by atoms with Crippen molar-refractivity contribution in [1.82, 2.24) is 25.5 Å². The summed E-state index contributed by atoms with van der Waals surface area (Å²) in [4.78, 5) is 19.6. The molecule has 1 fully saturated rings. The van der Waals surface area contributed by atoms with Crippen LogP contribution in [0, 0.1) is 17.6 Å². The van der Waals surface area contributed by atoms with Gasteiger partial charge in [-0.3, -0.25) is 14.9 Å². The van der Waals surface area contributed by atoms with E-state index in [4.69, 9.17) is 0 Å². The molecule has 5 rings (SSSR count). The molecule has 4 N–H and O–H groups in total. The molecule has 9 heteroatoms. The van der Waals surface area contributed by atoms with Gasteiger partial charge in [0.25, 0.3) is 5.56 Å². The number of aromatic amines is 2. The van der Waals surface area contributed by atoms with Gasteiger partial charge in [-0.25, -0.2) is 13.8 Å². The second kappa shape index (κ2) is 8.16. The van der Waals surface area contributed by atoms with Crippen LogP contribution in [-0.2, 0) is 0 Å². The number of hydrogen-bond acceptors (Lipinski definition) is 5. The summed E-state index contributed by atoms with van der Waals surface area (Å²) in [5, 5.41) is 14.5. The molecular formula is C23H22F2N6O. The number of rotatable bonds is 4. The van der Waals surface area contributed by atoms with Crippen molar-refractivity contribution in [2.45, 2.75) is 19.4 Å². The van der Waals surface area contributed by atoms with Gasteiger partial charge in [-0.1, -0.05) is 19.1 Å². The van der Waals surface area contributed by atoms with E-state index >= 15 is 0 Å². The molecule has 32 heavy (non-hydrogen) atoms. The lowest BCUT2D eigenvalue weighted by Crippen LogP contribution is -2.42. The SMILES string of the molecule is C[C@@H]1CNC[C@H](Nc2nc(-c3n[nH]c4ccc(-c5c(F)cccc5F)cc34)cc(=O)[nH]2)C1. The van der Waals surface area contributed by atoms with E-state index in [-0.39, 0.29) is 17.2 Å². The average Bonchev–Trinajstić information content (AvgIpc) is 3.17. The molecule has 0 amide bonds. The summed E-state index contributed by atoms with van der Waals surface area (Å²) in [6.07, 6.45) is 0.962. The van der Waals surface area contributed by atoms with Gasteiger partial charge in [-0.05, 0) is 48.7 Å². The fourth-order valence-electron chi connectivity index (χ4n) is 4.25. The highest BCUT2D eigenvalue weighted by Gasteiger charge is 2.20. The largest absolute Gasteiger partial charge is 0.352 e. The van der Waals surface area contributed by atoms with Gasteiger partial charge in [0.05, 0.1) is 11.1 Å². The molecule has 0 aliphatic carbocycles. The number of benzene rings is 2. The second-order valence-corrected chi connectivity index (χ2v) is 8.25. The van der Waals surface area contributed by atoms with Crippen LogP contribution in [0.15, 0.2) is 47.3 Å². The highest BCUT2D eigenvalue weighted by atomic mass is 19.1. The molecule has 1 aliphatic rings. The van der Waals surface area contributed by atoms with Crippen molar-refractivity contribution in [3.63, 3.8) is 0 Å². The van der Waals surface area contributed by atoms with Crippen molar-refractivity contribution in [3.05, 3.63) is 64.5 Å². The number of anilines is 1. The summed E-state index contributed by atoms with van der Waals surface area (Å²) >= 11 is 0. The zero-order chi connectivity index (χ0) is 22.2. The Kier molecular flexibility index (Phi) is 5.18. The van der Waals surface area contributed by atoms with Gasteiger partial charge >= 0.3 is 0 Å². The summed E-state index contributed by atoms with van der Waals surface area (Å²) in [7, 11) is 0. The normalized spacial score (nSPS) is 18.7. The Balaban J connectivity index is 1.55. The Labute approximate surface area is 182 Å². The Hall–Kier alpha value is -3.59. The maximum Gasteiger partial charge on any atom is 0.252 e. The Morgan fingerprint density at radius 1 is 1.09 bits per heavy atom. The number of hydrogen-bond donors (Lipinski definition) is 4. The van der Waals surface area contributed by atoms with Gasteiger partial charge < -0.3 is 10.6 Å². The van der Waals surface area contributed by atoms with Crippen LogP contribution in [0.25, 0.3) is 33.4 Å². The second-order valence-electron chi connectivity index (χ2n) is 8.25. The molecular weight excluding hydrogens is 414 g/mol. The zero-order valence-corrected chi connectivity index (χ0v) is 17.4. The lowest BCUT2D eigenvalue weighted by Gasteiger charge is -2.28. The van der Waals surface area contributed by atoms with Crippen molar-refractivity contribution in [1.29, 1.82) is 0 Å². The summed E-state index contributed by atoms with van der Waals surface area (Å²) in [6, 6.07) is 10.2. The highest BCUT2D eigenvalue weighted by Crippen LogP contribution is 2.32. The fraction of sp³-hybridized carbons (Fsp3) is 0.261. The molecule has 0 spiro atoms. The lowest BCUT2D eigenvalue weighted by molar-refractivity contribution is 0.377. The van der Waals surface area contributed by atoms with E-state index in [9.17, 15) is 13.6 Å². The topological polar surface area (TPSA) is 98.5 Å². The van der Waals surface area contributed by atoms with Crippen molar-refractivity contribution >= 4 is 16.9 Å². The number of H-pyrrole nitrogens is 2. The summed E-state index contributed by atoms with van der Waals surface area (Å²) in [5.41, 5.74) is 1.42. The standard InChI is InChI=1S/C23H22F2N6O/c1-12-7-14(11-26-10-12)27-23-28-19(9-20(32)29-23)22-15-8-13(5-6-18(15)30-31-22)21-16(24)3-2-4-17(21)25/h2-6,8-9,12,14,26H,7,10-11H2,1H3,(H,30,31)(H2,27,28,29,32)/t12-,14+/m0/s1. The molecule has 2 aromatic carbocycles. The van der Waals surface area contributed by atoms with Gasteiger partial charge in [0.2, 0.25) is 5.95 Å². The van der Waals surface area contributed by atoms with Crippen LogP contribution in [0.5, 0.6) is 0 Å². The van der Waals surface area contributed by atoms with Gasteiger partial charge in [0.15, 0.2) is 0 Å².